The van der Waals surface area contributed by atoms with Crippen molar-refractivity contribution >= 4 is 34.5 Å². The molecule has 0 bridgehead atoms. The Hall–Kier alpha value is -1.86. The minimum absolute atomic E-state index is 0.0317. The number of carbonyl (C=O) groups excluding carboxylic acids is 1. The highest BCUT2D eigenvalue weighted by atomic mass is 32.1. The average molecular weight is 393 g/mol. The molecule has 0 spiro atoms. The summed E-state index contributed by atoms with van der Waals surface area (Å²) in [5, 5.41) is 5.14. The van der Waals surface area contributed by atoms with Crippen molar-refractivity contribution in [1.82, 2.24) is 4.90 Å². The predicted octanol–water partition coefficient (Wildman–Crippen LogP) is 4.50. The number of hydrogen-bond donors (Lipinski definition) is 0. The zero-order valence-electron chi connectivity index (χ0n) is 15.8. The highest BCUT2D eigenvalue weighted by Crippen LogP contribution is 2.34. The Morgan fingerprint density at radius 2 is 2.04 bits per heavy atom. The normalized spacial score (nSPS) is 14.5. The predicted molar refractivity (Wildman–Crippen MR) is 106 cm³/mol. The molecule has 0 saturated heterocycles. The van der Waals surface area contributed by atoms with Crippen LogP contribution >= 0.6 is 22.7 Å². The van der Waals surface area contributed by atoms with Gasteiger partial charge < -0.3 is 14.5 Å². The Labute approximate surface area is 162 Å². The van der Waals surface area contributed by atoms with Crippen molar-refractivity contribution < 1.29 is 14.4 Å². The van der Waals surface area contributed by atoms with E-state index in [0.717, 1.165) is 30.2 Å². The fraction of sp³-hybridized carbons (Fsp3) is 0.474. The molecule has 5 nitrogen and oxygen atoms in total. The van der Waals surface area contributed by atoms with E-state index in [9.17, 15) is 4.79 Å². The van der Waals surface area contributed by atoms with Gasteiger partial charge in [0, 0.05) is 29.8 Å². The maximum absolute atomic E-state index is 11.2. The van der Waals surface area contributed by atoms with E-state index in [1.807, 2.05) is 19.9 Å². The van der Waals surface area contributed by atoms with Gasteiger partial charge in [-0.3, -0.25) is 4.79 Å². The van der Waals surface area contributed by atoms with E-state index in [0.29, 0.717) is 5.06 Å². The molecule has 0 amide bonds. The van der Waals surface area contributed by atoms with Crippen LogP contribution in [0.3, 0.4) is 0 Å². The van der Waals surface area contributed by atoms with Crippen LogP contribution in [-0.2, 0) is 22.6 Å². The molecule has 0 unspecified atom stereocenters. The number of oxime groups is 1. The first kappa shape index (κ1) is 18.9. The second kappa shape index (κ2) is 7.80. The lowest BCUT2D eigenvalue weighted by Crippen LogP contribution is -2.36. The van der Waals surface area contributed by atoms with Crippen molar-refractivity contribution in [2.75, 3.05) is 6.54 Å². The Bertz CT molecular complexity index is 816. The van der Waals surface area contributed by atoms with E-state index in [2.05, 4.69) is 30.0 Å². The first-order valence-corrected chi connectivity index (χ1v) is 10.3. The summed E-state index contributed by atoms with van der Waals surface area (Å²) >= 11 is 3.30. The van der Waals surface area contributed by atoms with Crippen LogP contribution in [0, 0.1) is 13.8 Å². The second-order valence-corrected chi connectivity index (χ2v) is 9.05. The number of aryl methyl sites for hydroxylation is 2. The molecule has 0 aromatic carbocycles. The van der Waals surface area contributed by atoms with Crippen molar-refractivity contribution in [3.8, 4) is 5.06 Å². The van der Waals surface area contributed by atoms with Gasteiger partial charge in [0.1, 0.15) is 6.10 Å². The molecule has 0 N–H and O–H groups in total. The van der Waals surface area contributed by atoms with E-state index < -0.39 is 0 Å². The average Bonchev–Trinajstić information content (AvgIpc) is 3.09. The highest BCUT2D eigenvalue weighted by molar-refractivity contribution is 7.14. The number of thiophene rings is 2. The van der Waals surface area contributed by atoms with Gasteiger partial charge in [-0.2, -0.15) is 0 Å². The molecular formula is C19H24N2O3S2. The molecule has 3 rings (SSSR count). The van der Waals surface area contributed by atoms with Gasteiger partial charge in [-0.25, -0.2) is 0 Å². The molecular weight excluding hydrogens is 368 g/mol. The number of fused-ring (bicyclic) bond motifs is 1. The van der Waals surface area contributed by atoms with Crippen LogP contribution in [-0.4, -0.2) is 29.4 Å². The number of carbonyl (C=O) groups is 1. The summed E-state index contributed by atoms with van der Waals surface area (Å²) in [6, 6.07) is 4.15. The summed E-state index contributed by atoms with van der Waals surface area (Å²) in [7, 11) is 0. The number of esters is 1. The largest absolute Gasteiger partial charge is 0.416 e. The van der Waals surface area contributed by atoms with E-state index in [-0.39, 0.29) is 12.1 Å². The minimum Gasteiger partial charge on any atom is -0.416 e. The fourth-order valence-corrected chi connectivity index (χ4v) is 4.87. The molecule has 1 aliphatic heterocycles. The lowest BCUT2D eigenvalue weighted by molar-refractivity contribution is -0.131. The Kier molecular flexibility index (Phi) is 5.67. The van der Waals surface area contributed by atoms with Crippen LogP contribution < -0.4 is 4.74 Å². The maximum Gasteiger partial charge on any atom is 0.308 e. The van der Waals surface area contributed by atoms with Crippen LogP contribution in [0.15, 0.2) is 17.3 Å². The molecule has 2 aromatic heterocycles. The second-order valence-electron chi connectivity index (χ2n) is 6.70. The highest BCUT2D eigenvalue weighted by Gasteiger charge is 2.25. The van der Waals surface area contributed by atoms with Crippen molar-refractivity contribution in [3.63, 3.8) is 0 Å². The van der Waals surface area contributed by atoms with Crippen LogP contribution in [0.25, 0.3) is 0 Å². The van der Waals surface area contributed by atoms with Crippen molar-refractivity contribution in [2.45, 2.75) is 53.7 Å². The first-order chi connectivity index (χ1) is 12.3. The number of ether oxygens (including phenoxy) is 1. The third-order valence-corrected chi connectivity index (χ3v) is 6.39. The molecule has 2 aromatic rings. The van der Waals surface area contributed by atoms with Crippen molar-refractivity contribution in [3.05, 3.63) is 37.9 Å². The molecule has 1 aliphatic rings. The molecule has 0 saturated carbocycles. The number of nitrogens with zero attached hydrogens (tertiary/aromatic N) is 2. The number of amidine groups is 1. The Morgan fingerprint density at radius 1 is 1.27 bits per heavy atom. The van der Waals surface area contributed by atoms with Gasteiger partial charge in [0.2, 0.25) is 0 Å². The van der Waals surface area contributed by atoms with E-state index in [4.69, 9.17) is 9.57 Å². The van der Waals surface area contributed by atoms with Gasteiger partial charge in [0.05, 0.1) is 4.88 Å². The van der Waals surface area contributed by atoms with Crippen LogP contribution in [0.2, 0.25) is 0 Å². The number of rotatable bonds is 4. The first-order valence-electron chi connectivity index (χ1n) is 8.69. The molecule has 0 atom stereocenters. The summed E-state index contributed by atoms with van der Waals surface area (Å²) in [5.41, 5.74) is 2.47. The molecule has 140 valence electrons. The molecule has 3 heterocycles. The Balaban J connectivity index is 1.87. The minimum atomic E-state index is -0.280. The fourth-order valence-electron chi connectivity index (χ4n) is 2.78. The summed E-state index contributed by atoms with van der Waals surface area (Å²) in [5.74, 6) is 0.600. The van der Waals surface area contributed by atoms with Gasteiger partial charge in [-0.1, -0.05) is 5.16 Å². The number of hydrogen-bond acceptors (Lipinski definition) is 6. The van der Waals surface area contributed by atoms with Gasteiger partial charge >= 0.3 is 5.97 Å². The van der Waals surface area contributed by atoms with E-state index in [1.54, 1.807) is 22.7 Å². The summed E-state index contributed by atoms with van der Waals surface area (Å²) in [6.45, 7) is 11.2. The third-order valence-electron chi connectivity index (χ3n) is 4.12. The van der Waals surface area contributed by atoms with Crippen molar-refractivity contribution in [1.29, 1.82) is 0 Å². The summed E-state index contributed by atoms with van der Waals surface area (Å²) in [4.78, 5) is 22.7. The zero-order chi connectivity index (χ0) is 18.8. The monoisotopic (exact) mass is 392 g/mol. The van der Waals surface area contributed by atoms with E-state index >= 15 is 0 Å². The van der Waals surface area contributed by atoms with Crippen LogP contribution in [0.4, 0.5) is 0 Å². The molecule has 7 heteroatoms. The van der Waals surface area contributed by atoms with Crippen LogP contribution in [0.5, 0.6) is 5.06 Å². The lowest BCUT2D eigenvalue weighted by atomic mass is 10.1. The third kappa shape index (κ3) is 4.27. The quantitative estimate of drug-likeness (QED) is 0.333. The van der Waals surface area contributed by atoms with Gasteiger partial charge in [-0.15, -0.1) is 22.7 Å². The molecule has 26 heavy (non-hydrogen) atoms. The SMILES string of the molecule is CC(=O)Oc1cc2c(s1)CCN(/C(=N\OC(C)C)c1cc(C)c(C)s1)C2. The summed E-state index contributed by atoms with van der Waals surface area (Å²) < 4.78 is 5.25. The van der Waals surface area contributed by atoms with Gasteiger partial charge in [-0.05, 0) is 57.4 Å². The smallest absolute Gasteiger partial charge is 0.308 e. The van der Waals surface area contributed by atoms with Crippen LogP contribution in [0.1, 0.15) is 46.5 Å². The zero-order valence-corrected chi connectivity index (χ0v) is 17.4. The molecule has 0 radical (unpaired) electrons. The standard InChI is InChI=1S/C19H24N2O3S2/c1-11(2)24-20-19(17-8-12(3)13(4)25-17)21-7-6-16-15(10-21)9-18(26-16)23-14(5)22/h8-9,11H,6-7,10H2,1-5H3/b20-19-. The maximum atomic E-state index is 11.2. The van der Waals surface area contributed by atoms with Gasteiger partial charge in [0.25, 0.3) is 0 Å². The molecule has 0 aliphatic carbocycles. The molecule has 0 fully saturated rings. The summed E-state index contributed by atoms with van der Waals surface area (Å²) in [6.07, 6.45) is 0.940. The van der Waals surface area contributed by atoms with Gasteiger partial charge in [0.15, 0.2) is 10.9 Å². The van der Waals surface area contributed by atoms with E-state index in [1.165, 1.54) is 27.8 Å². The van der Waals surface area contributed by atoms with Crippen molar-refractivity contribution in [2.24, 2.45) is 5.16 Å². The Morgan fingerprint density at radius 3 is 2.65 bits per heavy atom. The topological polar surface area (TPSA) is 51.1 Å². The lowest BCUT2D eigenvalue weighted by Gasteiger charge is -2.29.